The van der Waals surface area contributed by atoms with Crippen LogP contribution in [0.1, 0.15) is 34.8 Å². The molecular formula is C20H21N5O5S. The molecule has 1 fully saturated rings. The minimum absolute atomic E-state index is 0.0822. The minimum Gasteiger partial charge on any atom is -0.486 e. The smallest absolute Gasteiger partial charge is 0.253 e. The number of rotatable bonds is 3. The number of nitrogens with zero attached hydrogens (tertiary/aromatic N) is 5. The van der Waals surface area contributed by atoms with Gasteiger partial charge in [-0.25, -0.2) is 13.4 Å². The molecule has 0 aliphatic carbocycles. The Labute approximate surface area is 178 Å². The van der Waals surface area contributed by atoms with E-state index in [-0.39, 0.29) is 16.7 Å². The Kier molecular flexibility index (Phi) is 4.77. The lowest BCUT2D eigenvalue weighted by molar-refractivity contribution is 0.0709. The summed E-state index contributed by atoms with van der Waals surface area (Å²) < 4.78 is 37.3. The fourth-order valence-corrected chi connectivity index (χ4v) is 5.03. The molecule has 0 N–H and O–H groups in total. The summed E-state index contributed by atoms with van der Waals surface area (Å²) in [5.74, 6) is 1.41. The van der Waals surface area contributed by atoms with Crippen LogP contribution < -0.4 is 9.47 Å². The highest BCUT2D eigenvalue weighted by Gasteiger charge is 2.31. The molecule has 5 rings (SSSR count). The lowest BCUT2D eigenvalue weighted by Gasteiger charge is -2.33. The fourth-order valence-electron chi connectivity index (χ4n) is 4.16. The average molecular weight is 443 g/mol. The zero-order valence-electron chi connectivity index (χ0n) is 16.9. The number of fused-ring (bicyclic) bond motifs is 2. The van der Waals surface area contributed by atoms with Crippen molar-refractivity contribution in [2.24, 2.45) is 0 Å². The van der Waals surface area contributed by atoms with Gasteiger partial charge in [0.1, 0.15) is 24.4 Å². The van der Waals surface area contributed by atoms with Crippen LogP contribution in [0.4, 0.5) is 0 Å². The minimum atomic E-state index is -3.49. The van der Waals surface area contributed by atoms with E-state index in [1.54, 1.807) is 23.1 Å². The third-order valence-corrected chi connectivity index (χ3v) is 6.78. The molecule has 10 nitrogen and oxygen atoms in total. The lowest BCUT2D eigenvalue weighted by atomic mass is 9.92. The summed E-state index contributed by atoms with van der Waals surface area (Å²) >= 11 is 0. The van der Waals surface area contributed by atoms with Crippen molar-refractivity contribution >= 4 is 21.5 Å². The van der Waals surface area contributed by atoms with Crippen molar-refractivity contribution < 1.29 is 22.7 Å². The monoisotopic (exact) mass is 443 g/mol. The zero-order valence-corrected chi connectivity index (χ0v) is 17.7. The van der Waals surface area contributed by atoms with Crippen LogP contribution in [-0.4, -0.2) is 71.4 Å². The molecule has 2 aliphatic rings. The van der Waals surface area contributed by atoms with Gasteiger partial charge in [-0.1, -0.05) is 0 Å². The number of sulfone groups is 1. The number of ether oxygens (including phenoxy) is 2. The second-order valence-corrected chi connectivity index (χ2v) is 9.66. The molecule has 0 unspecified atom stereocenters. The number of aromatic nitrogens is 4. The fraction of sp³-hybridized carbons (Fsp3) is 0.400. The second-order valence-electron chi connectivity index (χ2n) is 7.68. The first-order valence-electron chi connectivity index (χ1n) is 9.99. The number of carbonyl (C=O) groups excluding carboxylic acids is 1. The molecule has 31 heavy (non-hydrogen) atoms. The van der Waals surface area contributed by atoms with Crippen molar-refractivity contribution in [1.29, 1.82) is 0 Å². The van der Waals surface area contributed by atoms with Gasteiger partial charge >= 0.3 is 0 Å². The van der Waals surface area contributed by atoms with E-state index in [4.69, 9.17) is 9.47 Å². The molecule has 1 saturated heterocycles. The first-order chi connectivity index (χ1) is 14.9. The summed E-state index contributed by atoms with van der Waals surface area (Å²) in [7, 11) is -3.49. The standard InChI is InChI=1S/C20H21N5O5S/c1-31(27,28)17-11-21-20-22-12-23-25(20)18(17)13-4-6-24(7-5-13)19(26)14-2-3-15-16(10-14)30-9-8-29-15/h2-3,10-13H,4-9H2,1H3. The van der Waals surface area contributed by atoms with Gasteiger partial charge in [-0.2, -0.15) is 14.6 Å². The number of piperidine rings is 1. The van der Waals surface area contributed by atoms with Crippen LogP contribution in [0.3, 0.4) is 0 Å². The first kappa shape index (κ1) is 19.7. The maximum atomic E-state index is 13.0. The van der Waals surface area contributed by atoms with Crippen LogP contribution in [0, 0.1) is 0 Å². The van der Waals surface area contributed by atoms with Crippen molar-refractivity contribution in [1.82, 2.24) is 24.5 Å². The summed E-state index contributed by atoms with van der Waals surface area (Å²) in [5, 5.41) is 4.18. The van der Waals surface area contributed by atoms with Gasteiger partial charge in [0.05, 0.1) is 11.9 Å². The zero-order chi connectivity index (χ0) is 21.6. The maximum absolute atomic E-state index is 13.0. The molecular weight excluding hydrogens is 422 g/mol. The van der Waals surface area contributed by atoms with Crippen LogP contribution in [0.25, 0.3) is 5.78 Å². The first-order valence-corrected chi connectivity index (χ1v) is 11.9. The maximum Gasteiger partial charge on any atom is 0.253 e. The van der Waals surface area contributed by atoms with E-state index in [1.807, 2.05) is 0 Å². The largest absolute Gasteiger partial charge is 0.486 e. The number of carbonyl (C=O) groups is 1. The normalized spacial score (nSPS) is 17.1. The van der Waals surface area contributed by atoms with Crippen molar-refractivity contribution in [3.63, 3.8) is 0 Å². The molecule has 0 radical (unpaired) electrons. The van der Waals surface area contributed by atoms with Gasteiger partial charge in [0, 0.05) is 30.8 Å². The Morgan fingerprint density at radius 2 is 1.84 bits per heavy atom. The second kappa shape index (κ2) is 7.49. The van der Waals surface area contributed by atoms with Gasteiger partial charge in [-0.3, -0.25) is 4.79 Å². The molecule has 2 aromatic heterocycles. The number of hydrogen-bond acceptors (Lipinski definition) is 8. The van der Waals surface area contributed by atoms with Crippen LogP contribution in [0.15, 0.2) is 35.6 Å². The van der Waals surface area contributed by atoms with Gasteiger partial charge in [-0.05, 0) is 31.0 Å². The van der Waals surface area contributed by atoms with E-state index >= 15 is 0 Å². The SMILES string of the molecule is CS(=O)(=O)c1cnc2ncnn2c1C1CCN(C(=O)c2ccc3c(c2)OCCO3)CC1. The third-order valence-electron chi connectivity index (χ3n) is 5.67. The highest BCUT2D eigenvalue weighted by Crippen LogP contribution is 2.34. The Morgan fingerprint density at radius 1 is 1.10 bits per heavy atom. The quantitative estimate of drug-likeness (QED) is 0.595. The number of likely N-dealkylation sites (tertiary alicyclic amines) is 1. The summed E-state index contributed by atoms with van der Waals surface area (Å²) in [6, 6.07) is 5.21. The van der Waals surface area contributed by atoms with E-state index in [2.05, 4.69) is 15.1 Å². The number of hydrogen-bond donors (Lipinski definition) is 0. The molecule has 0 saturated carbocycles. The van der Waals surface area contributed by atoms with Gasteiger partial charge in [0.2, 0.25) is 0 Å². The topological polar surface area (TPSA) is 116 Å². The lowest BCUT2D eigenvalue weighted by Crippen LogP contribution is -2.38. The highest BCUT2D eigenvalue weighted by atomic mass is 32.2. The highest BCUT2D eigenvalue weighted by molar-refractivity contribution is 7.90. The average Bonchev–Trinajstić information content (AvgIpc) is 3.26. The molecule has 0 bridgehead atoms. The van der Waals surface area contributed by atoms with Gasteiger partial charge < -0.3 is 14.4 Å². The predicted molar refractivity (Wildman–Crippen MR) is 109 cm³/mol. The summed E-state index contributed by atoms with van der Waals surface area (Å²) in [5.41, 5.74) is 1.12. The van der Waals surface area contributed by atoms with Crippen molar-refractivity contribution in [3.8, 4) is 11.5 Å². The van der Waals surface area contributed by atoms with Crippen molar-refractivity contribution in [2.75, 3.05) is 32.6 Å². The Hall–Kier alpha value is -3.21. The van der Waals surface area contributed by atoms with E-state index in [1.165, 1.54) is 17.0 Å². The molecule has 0 atom stereocenters. The van der Waals surface area contributed by atoms with Crippen LogP contribution >= 0.6 is 0 Å². The summed E-state index contributed by atoms with van der Waals surface area (Å²) in [6.07, 6.45) is 5.09. The van der Waals surface area contributed by atoms with Gasteiger partial charge in [0.15, 0.2) is 21.3 Å². The van der Waals surface area contributed by atoms with Crippen LogP contribution in [-0.2, 0) is 9.84 Å². The van der Waals surface area contributed by atoms with E-state index in [0.717, 1.165) is 6.26 Å². The summed E-state index contributed by atoms with van der Waals surface area (Å²) in [6.45, 7) is 1.96. The molecule has 2 aliphatic heterocycles. The van der Waals surface area contributed by atoms with Gasteiger partial charge in [0.25, 0.3) is 11.7 Å². The van der Waals surface area contributed by atoms with Crippen LogP contribution in [0.2, 0.25) is 0 Å². The molecule has 162 valence electrons. The number of amides is 1. The Bertz CT molecular complexity index is 1260. The molecule has 3 aromatic rings. The van der Waals surface area contributed by atoms with Gasteiger partial charge in [-0.15, -0.1) is 0 Å². The molecule has 11 heteroatoms. The predicted octanol–water partition coefficient (Wildman–Crippen LogP) is 1.32. The Morgan fingerprint density at radius 3 is 2.58 bits per heavy atom. The van der Waals surface area contributed by atoms with Crippen molar-refractivity contribution in [3.05, 3.63) is 42.0 Å². The summed E-state index contributed by atoms with van der Waals surface area (Å²) in [4.78, 5) is 23.1. The third kappa shape index (κ3) is 3.58. The van der Waals surface area contributed by atoms with E-state index in [0.29, 0.717) is 67.7 Å². The number of benzene rings is 1. The van der Waals surface area contributed by atoms with E-state index in [9.17, 15) is 13.2 Å². The Balaban J connectivity index is 1.38. The van der Waals surface area contributed by atoms with E-state index < -0.39 is 9.84 Å². The molecule has 1 amide bonds. The van der Waals surface area contributed by atoms with Crippen molar-refractivity contribution in [2.45, 2.75) is 23.7 Å². The molecule has 0 spiro atoms. The molecule has 1 aromatic carbocycles. The molecule has 4 heterocycles. The van der Waals surface area contributed by atoms with Crippen LogP contribution in [0.5, 0.6) is 11.5 Å².